The molecular formula is C19H25NO7. The summed E-state index contributed by atoms with van der Waals surface area (Å²) in [4.78, 5) is 45.9. The fourth-order valence-electron chi connectivity index (χ4n) is 1.90. The summed E-state index contributed by atoms with van der Waals surface area (Å²) in [5, 5.41) is 2.35. The van der Waals surface area contributed by atoms with Gasteiger partial charge in [0.15, 0.2) is 6.10 Å². The van der Waals surface area contributed by atoms with Crippen LogP contribution < -0.4 is 5.32 Å². The lowest BCUT2D eigenvalue weighted by Gasteiger charge is -2.13. The van der Waals surface area contributed by atoms with E-state index in [0.717, 1.165) is 5.56 Å². The van der Waals surface area contributed by atoms with Gasteiger partial charge in [-0.15, -0.1) is 0 Å². The van der Waals surface area contributed by atoms with Crippen molar-refractivity contribution in [1.29, 1.82) is 0 Å². The number of benzene rings is 1. The number of carbonyl (C=O) groups is 4. The van der Waals surface area contributed by atoms with Crippen LogP contribution in [0.5, 0.6) is 0 Å². The number of carbonyl (C=O) groups excluding carboxylic acids is 4. The van der Waals surface area contributed by atoms with Gasteiger partial charge in [0.05, 0.1) is 6.61 Å². The molecule has 0 heterocycles. The van der Waals surface area contributed by atoms with Crippen molar-refractivity contribution in [2.75, 3.05) is 13.2 Å². The Balaban J connectivity index is 2.13. The highest BCUT2D eigenvalue weighted by Crippen LogP contribution is 2.03. The fraction of sp³-hybridized carbons (Fsp3) is 0.474. The molecule has 0 bridgehead atoms. The minimum Gasteiger partial charge on any atom is -0.463 e. The molecule has 0 radical (unpaired) electrons. The van der Waals surface area contributed by atoms with Crippen LogP contribution in [0.15, 0.2) is 30.3 Å². The minimum atomic E-state index is -1.10. The molecule has 0 aliphatic carbocycles. The van der Waals surface area contributed by atoms with Crippen molar-refractivity contribution in [3.63, 3.8) is 0 Å². The van der Waals surface area contributed by atoms with E-state index in [1.807, 2.05) is 30.3 Å². The lowest BCUT2D eigenvalue weighted by atomic mass is 10.2. The van der Waals surface area contributed by atoms with Crippen molar-refractivity contribution in [1.82, 2.24) is 5.32 Å². The molecule has 1 atom stereocenters. The molecule has 1 rings (SSSR count). The van der Waals surface area contributed by atoms with Crippen LogP contribution in [0.25, 0.3) is 0 Å². The molecular weight excluding hydrogens is 354 g/mol. The first-order chi connectivity index (χ1) is 12.9. The maximum atomic E-state index is 11.7. The lowest BCUT2D eigenvalue weighted by Crippen LogP contribution is -2.34. The van der Waals surface area contributed by atoms with Crippen LogP contribution in [-0.4, -0.2) is 43.1 Å². The van der Waals surface area contributed by atoms with Gasteiger partial charge in [0.1, 0.15) is 13.2 Å². The summed E-state index contributed by atoms with van der Waals surface area (Å²) in [5.74, 6) is -2.13. The van der Waals surface area contributed by atoms with Gasteiger partial charge in [-0.1, -0.05) is 37.3 Å². The highest BCUT2D eigenvalue weighted by atomic mass is 16.6. The summed E-state index contributed by atoms with van der Waals surface area (Å²) < 4.78 is 14.9. The number of hydrogen-bond acceptors (Lipinski definition) is 7. The molecule has 0 fully saturated rings. The van der Waals surface area contributed by atoms with Crippen molar-refractivity contribution in [2.45, 2.75) is 45.8 Å². The maximum Gasteiger partial charge on any atom is 0.347 e. The maximum absolute atomic E-state index is 11.7. The lowest BCUT2D eigenvalue weighted by molar-refractivity contribution is -0.166. The Bertz CT molecular complexity index is 630. The molecule has 1 aromatic carbocycles. The predicted molar refractivity (Wildman–Crippen MR) is 95.3 cm³/mol. The summed E-state index contributed by atoms with van der Waals surface area (Å²) in [6, 6.07) is 9.29. The number of ether oxygens (including phenoxy) is 3. The van der Waals surface area contributed by atoms with Crippen molar-refractivity contribution >= 4 is 23.8 Å². The molecule has 1 amide bonds. The van der Waals surface area contributed by atoms with Gasteiger partial charge in [0.25, 0.3) is 0 Å². The van der Waals surface area contributed by atoms with E-state index in [2.05, 4.69) is 5.32 Å². The van der Waals surface area contributed by atoms with Crippen LogP contribution in [0.2, 0.25) is 0 Å². The van der Waals surface area contributed by atoms with E-state index in [4.69, 9.17) is 14.2 Å². The van der Waals surface area contributed by atoms with Crippen molar-refractivity contribution < 1.29 is 33.4 Å². The predicted octanol–water partition coefficient (Wildman–Crippen LogP) is 1.51. The van der Waals surface area contributed by atoms with E-state index in [1.54, 1.807) is 6.92 Å². The Labute approximate surface area is 158 Å². The molecule has 1 aromatic rings. The van der Waals surface area contributed by atoms with Gasteiger partial charge < -0.3 is 19.5 Å². The van der Waals surface area contributed by atoms with Crippen LogP contribution in [-0.2, 0) is 40.0 Å². The SMILES string of the molecule is CCC(=O)NCC(=O)OC(C)C(=O)OCCCC(=O)OCc1ccccc1. The molecule has 0 saturated heterocycles. The second kappa shape index (κ2) is 12.5. The second-order valence-corrected chi connectivity index (χ2v) is 5.68. The Morgan fingerprint density at radius 2 is 1.74 bits per heavy atom. The summed E-state index contributed by atoms with van der Waals surface area (Å²) >= 11 is 0. The molecule has 0 aliphatic heterocycles. The van der Waals surface area contributed by atoms with E-state index >= 15 is 0 Å². The quantitative estimate of drug-likeness (QED) is 0.353. The van der Waals surface area contributed by atoms with Crippen molar-refractivity contribution in [2.24, 2.45) is 0 Å². The van der Waals surface area contributed by atoms with Gasteiger partial charge >= 0.3 is 17.9 Å². The van der Waals surface area contributed by atoms with Crippen LogP contribution in [0.4, 0.5) is 0 Å². The molecule has 8 heteroatoms. The summed E-state index contributed by atoms with van der Waals surface area (Å²) in [6.07, 6.45) is -0.441. The number of hydrogen-bond donors (Lipinski definition) is 1. The smallest absolute Gasteiger partial charge is 0.347 e. The zero-order valence-corrected chi connectivity index (χ0v) is 15.6. The molecule has 27 heavy (non-hydrogen) atoms. The van der Waals surface area contributed by atoms with E-state index in [0.29, 0.717) is 6.42 Å². The van der Waals surface area contributed by atoms with Crippen LogP contribution in [0.1, 0.15) is 38.7 Å². The Morgan fingerprint density at radius 3 is 2.41 bits per heavy atom. The summed E-state index contributed by atoms with van der Waals surface area (Å²) in [7, 11) is 0. The Morgan fingerprint density at radius 1 is 1.04 bits per heavy atom. The van der Waals surface area contributed by atoms with Gasteiger partial charge in [-0.3, -0.25) is 14.4 Å². The Hall–Kier alpha value is -2.90. The standard InChI is InChI=1S/C19H25NO7/c1-3-16(21)20-12-18(23)27-14(2)19(24)25-11-7-10-17(22)26-13-15-8-5-4-6-9-15/h4-6,8-9,14H,3,7,10-13H2,1-2H3,(H,20,21). The van der Waals surface area contributed by atoms with Gasteiger partial charge in [0.2, 0.25) is 5.91 Å². The first-order valence-electron chi connectivity index (χ1n) is 8.74. The average molecular weight is 379 g/mol. The molecule has 1 unspecified atom stereocenters. The normalized spacial score (nSPS) is 11.2. The third-order valence-electron chi connectivity index (χ3n) is 3.40. The highest BCUT2D eigenvalue weighted by Gasteiger charge is 2.19. The second-order valence-electron chi connectivity index (χ2n) is 5.68. The van der Waals surface area contributed by atoms with E-state index in [-0.39, 0.29) is 44.5 Å². The molecule has 1 N–H and O–H groups in total. The van der Waals surface area contributed by atoms with E-state index in [9.17, 15) is 19.2 Å². The minimum absolute atomic E-state index is 0.00767. The van der Waals surface area contributed by atoms with Gasteiger partial charge in [0, 0.05) is 12.8 Å². The topological polar surface area (TPSA) is 108 Å². The molecule has 0 spiro atoms. The van der Waals surface area contributed by atoms with Crippen molar-refractivity contribution in [3.8, 4) is 0 Å². The van der Waals surface area contributed by atoms with Crippen LogP contribution >= 0.6 is 0 Å². The number of rotatable bonds is 11. The van der Waals surface area contributed by atoms with Gasteiger partial charge in [-0.2, -0.15) is 0 Å². The average Bonchev–Trinajstić information content (AvgIpc) is 2.68. The molecule has 0 aromatic heterocycles. The zero-order valence-electron chi connectivity index (χ0n) is 15.6. The van der Waals surface area contributed by atoms with Crippen molar-refractivity contribution in [3.05, 3.63) is 35.9 Å². The number of amides is 1. The van der Waals surface area contributed by atoms with Gasteiger partial charge in [-0.05, 0) is 18.9 Å². The van der Waals surface area contributed by atoms with Crippen LogP contribution in [0.3, 0.4) is 0 Å². The summed E-state index contributed by atoms with van der Waals surface area (Å²) in [6.45, 7) is 2.92. The molecule has 0 saturated carbocycles. The monoisotopic (exact) mass is 379 g/mol. The number of nitrogens with one attached hydrogen (secondary N) is 1. The summed E-state index contributed by atoms with van der Waals surface area (Å²) in [5.41, 5.74) is 0.892. The fourth-order valence-corrected chi connectivity index (χ4v) is 1.90. The highest BCUT2D eigenvalue weighted by molar-refractivity contribution is 5.83. The molecule has 8 nitrogen and oxygen atoms in total. The van der Waals surface area contributed by atoms with Crippen LogP contribution in [0, 0.1) is 0 Å². The Kier molecular flexibility index (Phi) is 10.2. The first-order valence-corrected chi connectivity index (χ1v) is 8.74. The zero-order chi connectivity index (χ0) is 20.1. The third kappa shape index (κ3) is 9.98. The van der Waals surface area contributed by atoms with E-state index < -0.39 is 18.0 Å². The third-order valence-corrected chi connectivity index (χ3v) is 3.40. The van der Waals surface area contributed by atoms with Gasteiger partial charge in [-0.25, -0.2) is 4.79 Å². The molecule has 148 valence electrons. The largest absolute Gasteiger partial charge is 0.463 e. The number of esters is 3. The first kappa shape index (κ1) is 22.1. The molecule has 0 aliphatic rings. The van der Waals surface area contributed by atoms with E-state index in [1.165, 1.54) is 6.92 Å².